The van der Waals surface area contributed by atoms with Crippen LogP contribution in [0, 0.1) is 0 Å². The Hall–Kier alpha value is -1.76. The molecule has 20 heavy (non-hydrogen) atoms. The van der Waals surface area contributed by atoms with E-state index < -0.39 is 24.1 Å². The zero-order valence-corrected chi connectivity index (χ0v) is 11.0. The molecule has 0 aromatic heterocycles. The highest BCUT2D eigenvalue weighted by molar-refractivity contribution is 5.95. The highest BCUT2D eigenvalue weighted by atomic mass is 19.4. The van der Waals surface area contributed by atoms with Gasteiger partial charge in [0.05, 0.1) is 11.7 Å². The van der Waals surface area contributed by atoms with Crippen LogP contribution in [0.25, 0.3) is 0 Å². The Balaban J connectivity index is 2.74. The number of rotatable bonds is 6. The van der Waals surface area contributed by atoms with Gasteiger partial charge in [-0.1, -0.05) is 31.9 Å². The number of hydrogen-bond donors (Lipinski definition) is 2. The van der Waals surface area contributed by atoms with Crippen molar-refractivity contribution in [2.75, 3.05) is 5.32 Å². The summed E-state index contributed by atoms with van der Waals surface area (Å²) in [5, 5.41) is 2.35. The van der Waals surface area contributed by atoms with Gasteiger partial charge in [0.25, 0.3) is 0 Å². The van der Waals surface area contributed by atoms with E-state index in [1.54, 1.807) is 0 Å². The number of ether oxygens (including phenoxy) is 1. The number of alkyl halides is 3. The van der Waals surface area contributed by atoms with Crippen molar-refractivity contribution in [3.8, 4) is 5.75 Å². The van der Waals surface area contributed by atoms with Crippen LogP contribution in [0.15, 0.2) is 24.3 Å². The minimum absolute atomic E-state index is 0.0539. The van der Waals surface area contributed by atoms with Crippen LogP contribution in [-0.2, 0) is 4.79 Å². The molecule has 0 unspecified atom stereocenters. The van der Waals surface area contributed by atoms with Crippen molar-refractivity contribution >= 4 is 11.6 Å². The van der Waals surface area contributed by atoms with Gasteiger partial charge in [0.1, 0.15) is 0 Å². The molecule has 1 rings (SSSR count). The zero-order valence-electron chi connectivity index (χ0n) is 11.0. The van der Waals surface area contributed by atoms with E-state index in [1.807, 2.05) is 6.92 Å². The predicted octanol–water partition coefficient (Wildman–Crippen LogP) is 3.04. The second-order valence-electron chi connectivity index (χ2n) is 4.28. The molecule has 0 heterocycles. The molecule has 0 saturated heterocycles. The average Bonchev–Trinajstić information content (AvgIpc) is 2.36. The van der Waals surface area contributed by atoms with E-state index in [0.717, 1.165) is 18.9 Å². The van der Waals surface area contributed by atoms with E-state index in [-0.39, 0.29) is 5.69 Å². The zero-order chi connectivity index (χ0) is 15.2. The molecular weight excluding hydrogens is 273 g/mol. The molecule has 3 N–H and O–H groups in total. The Morgan fingerprint density at radius 3 is 2.65 bits per heavy atom. The minimum atomic E-state index is -4.81. The molecule has 0 radical (unpaired) electrons. The molecule has 1 amide bonds. The fourth-order valence-corrected chi connectivity index (χ4v) is 1.56. The van der Waals surface area contributed by atoms with Crippen LogP contribution in [0.4, 0.5) is 18.9 Å². The SMILES string of the molecule is CCCC[C@H](N)C(=O)Nc1ccccc1OC(F)(F)F. The maximum Gasteiger partial charge on any atom is 0.573 e. The van der Waals surface area contributed by atoms with Gasteiger partial charge in [-0.05, 0) is 18.6 Å². The van der Waals surface area contributed by atoms with Crippen molar-refractivity contribution in [2.24, 2.45) is 5.73 Å². The summed E-state index contributed by atoms with van der Waals surface area (Å²) in [6.07, 6.45) is -2.68. The normalized spacial score (nSPS) is 12.8. The molecule has 0 fully saturated rings. The lowest BCUT2D eigenvalue weighted by Crippen LogP contribution is -2.35. The molecule has 112 valence electrons. The van der Waals surface area contributed by atoms with E-state index in [2.05, 4.69) is 10.1 Å². The summed E-state index contributed by atoms with van der Waals surface area (Å²) in [6, 6.07) is 4.57. The molecule has 1 aromatic carbocycles. The lowest BCUT2D eigenvalue weighted by atomic mass is 10.1. The first-order valence-electron chi connectivity index (χ1n) is 6.24. The summed E-state index contributed by atoms with van der Waals surface area (Å²) < 4.78 is 40.5. The predicted molar refractivity (Wildman–Crippen MR) is 69.3 cm³/mol. The number of amides is 1. The van der Waals surface area contributed by atoms with E-state index in [1.165, 1.54) is 18.2 Å². The van der Waals surface area contributed by atoms with Crippen LogP contribution in [-0.4, -0.2) is 18.3 Å². The van der Waals surface area contributed by atoms with Crippen LogP contribution in [0.2, 0.25) is 0 Å². The van der Waals surface area contributed by atoms with Gasteiger partial charge in [0.15, 0.2) is 5.75 Å². The Labute approximate surface area is 115 Å². The molecule has 0 aliphatic rings. The molecule has 0 saturated carbocycles. The van der Waals surface area contributed by atoms with Gasteiger partial charge >= 0.3 is 6.36 Å². The van der Waals surface area contributed by atoms with Gasteiger partial charge in [-0.2, -0.15) is 0 Å². The second kappa shape index (κ2) is 7.14. The number of unbranched alkanes of at least 4 members (excludes halogenated alkanes) is 1. The quantitative estimate of drug-likeness (QED) is 0.846. The summed E-state index contributed by atoms with van der Waals surface area (Å²) in [4.78, 5) is 11.8. The number of carbonyl (C=O) groups excluding carboxylic acids is 1. The van der Waals surface area contributed by atoms with Crippen molar-refractivity contribution in [1.82, 2.24) is 0 Å². The first-order chi connectivity index (χ1) is 9.33. The van der Waals surface area contributed by atoms with Gasteiger partial charge in [0.2, 0.25) is 5.91 Å². The van der Waals surface area contributed by atoms with Crippen LogP contribution < -0.4 is 15.8 Å². The van der Waals surface area contributed by atoms with E-state index in [9.17, 15) is 18.0 Å². The van der Waals surface area contributed by atoms with E-state index in [4.69, 9.17) is 5.73 Å². The Morgan fingerprint density at radius 2 is 2.05 bits per heavy atom. The van der Waals surface area contributed by atoms with Gasteiger partial charge in [-0.3, -0.25) is 4.79 Å². The summed E-state index contributed by atoms with van der Waals surface area (Å²) in [7, 11) is 0. The number of nitrogens with one attached hydrogen (secondary N) is 1. The summed E-state index contributed by atoms with van der Waals surface area (Å²) in [6.45, 7) is 1.96. The molecule has 0 aliphatic heterocycles. The first-order valence-corrected chi connectivity index (χ1v) is 6.24. The van der Waals surface area contributed by atoms with Crippen LogP contribution >= 0.6 is 0 Å². The molecule has 0 spiro atoms. The molecular formula is C13H17F3N2O2. The lowest BCUT2D eigenvalue weighted by molar-refractivity contribution is -0.274. The van der Waals surface area contributed by atoms with Crippen LogP contribution in [0.5, 0.6) is 5.75 Å². The first kappa shape index (κ1) is 16.3. The topological polar surface area (TPSA) is 64.4 Å². The Morgan fingerprint density at radius 1 is 1.40 bits per heavy atom. The third-order valence-corrected chi connectivity index (χ3v) is 2.58. The number of hydrogen-bond acceptors (Lipinski definition) is 3. The Bertz CT molecular complexity index is 449. The minimum Gasteiger partial charge on any atom is -0.404 e. The third-order valence-electron chi connectivity index (χ3n) is 2.58. The van der Waals surface area contributed by atoms with Crippen molar-refractivity contribution < 1.29 is 22.7 Å². The van der Waals surface area contributed by atoms with Crippen molar-refractivity contribution in [2.45, 2.75) is 38.6 Å². The second-order valence-corrected chi connectivity index (χ2v) is 4.28. The maximum atomic E-state index is 12.2. The highest BCUT2D eigenvalue weighted by Gasteiger charge is 2.32. The third kappa shape index (κ3) is 5.48. The standard InChI is InChI=1S/C13H17F3N2O2/c1-2-3-6-9(17)12(19)18-10-7-4-5-8-11(10)20-13(14,15)16/h4-5,7-9H,2-3,6,17H2,1H3,(H,18,19)/t9-/m0/s1. The Kier molecular flexibility index (Phi) is 5.82. The van der Waals surface area contributed by atoms with Crippen molar-refractivity contribution in [1.29, 1.82) is 0 Å². The number of benzene rings is 1. The number of halogens is 3. The van der Waals surface area contributed by atoms with Crippen molar-refractivity contribution in [3.05, 3.63) is 24.3 Å². The maximum absolute atomic E-state index is 12.2. The molecule has 0 aliphatic carbocycles. The molecule has 7 heteroatoms. The monoisotopic (exact) mass is 290 g/mol. The fraction of sp³-hybridized carbons (Fsp3) is 0.462. The smallest absolute Gasteiger partial charge is 0.404 e. The van der Waals surface area contributed by atoms with Crippen LogP contribution in [0.1, 0.15) is 26.2 Å². The number of para-hydroxylation sites is 2. The molecule has 1 aromatic rings. The van der Waals surface area contributed by atoms with E-state index in [0.29, 0.717) is 6.42 Å². The van der Waals surface area contributed by atoms with Crippen molar-refractivity contribution in [3.63, 3.8) is 0 Å². The molecule has 4 nitrogen and oxygen atoms in total. The van der Waals surface area contributed by atoms with Crippen LogP contribution in [0.3, 0.4) is 0 Å². The molecule has 1 atom stereocenters. The van der Waals surface area contributed by atoms with E-state index >= 15 is 0 Å². The van der Waals surface area contributed by atoms with Gasteiger partial charge in [0, 0.05) is 0 Å². The largest absolute Gasteiger partial charge is 0.573 e. The number of nitrogens with two attached hydrogens (primary N) is 1. The number of carbonyl (C=O) groups is 1. The summed E-state index contributed by atoms with van der Waals surface area (Å²) in [5.74, 6) is -0.993. The van der Waals surface area contributed by atoms with Gasteiger partial charge in [-0.25, -0.2) is 0 Å². The fourth-order valence-electron chi connectivity index (χ4n) is 1.56. The summed E-state index contributed by atoms with van der Waals surface area (Å²) in [5.41, 5.74) is 5.60. The highest BCUT2D eigenvalue weighted by Crippen LogP contribution is 2.29. The molecule has 0 bridgehead atoms. The van der Waals surface area contributed by atoms with Gasteiger partial charge in [-0.15, -0.1) is 13.2 Å². The van der Waals surface area contributed by atoms with Gasteiger partial charge < -0.3 is 15.8 Å². The summed E-state index contributed by atoms with van der Waals surface area (Å²) >= 11 is 0. The lowest BCUT2D eigenvalue weighted by Gasteiger charge is -2.16. The average molecular weight is 290 g/mol. The number of anilines is 1.